The fourth-order valence-corrected chi connectivity index (χ4v) is 0.542. The Balaban J connectivity index is 3.70. The number of allylic oxidation sites excluding steroid dienone is 1. The number of aliphatic carboxylic acids is 1. The van der Waals surface area contributed by atoms with Gasteiger partial charge in [0.2, 0.25) is 0 Å². The van der Waals surface area contributed by atoms with E-state index in [1.165, 1.54) is 0 Å². The lowest BCUT2D eigenvalue weighted by atomic mass is 10.3. The van der Waals surface area contributed by atoms with Gasteiger partial charge in [0.05, 0.1) is 6.61 Å². The number of ketones is 1. The van der Waals surface area contributed by atoms with Crippen LogP contribution in [-0.2, 0) is 19.1 Å². The molecule has 0 spiro atoms. The second-order valence-electron chi connectivity index (χ2n) is 2.26. The molecule has 0 radical (unpaired) electrons. The Kier molecular flexibility index (Phi) is 5.69. The molecule has 5 heteroatoms. The van der Waals surface area contributed by atoms with Crippen LogP contribution in [0.15, 0.2) is 24.8 Å². The molecule has 14 heavy (non-hydrogen) atoms. The first-order valence-corrected chi connectivity index (χ1v) is 3.79. The van der Waals surface area contributed by atoms with Gasteiger partial charge >= 0.3 is 11.9 Å². The number of carboxylic acid groups (broad SMARTS) is 1. The lowest BCUT2D eigenvalue weighted by Crippen LogP contribution is -2.06. The van der Waals surface area contributed by atoms with E-state index in [2.05, 4.69) is 11.3 Å². The Morgan fingerprint density at radius 2 is 1.93 bits per heavy atom. The molecule has 0 heterocycles. The standard InChI is InChI=1S/C9H10O5/c1-2-7(10)5-6-14-9(13)4-3-8(11)12/h2-4H,1,5-6H2,(H,11,12)/b4-3-. The van der Waals surface area contributed by atoms with Crippen LogP contribution >= 0.6 is 0 Å². The van der Waals surface area contributed by atoms with Crippen molar-refractivity contribution in [2.75, 3.05) is 6.61 Å². The van der Waals surface area contributed by atoms with Gasteiger partial charge in [-0.05, 0) is 6.08 Å². The summed E-state index contributed by atoms with van der Waals surface area (Å²) >= 11 is 0. The minimum absolute atomic E-state index is 0.0517. The zero-order chi connectivity index (χ0) is 11.0. The van der Waals surface area contributed by atoms with Crippen molar-refractivity contribution in [2.45, 2.75) is 6.42 Å². The molecule has 0 aliphatic carbocycles. The van der Waals surface area contributed by atoms with Crippen LogP contribution in [0.3, 0.4) is 0 Å². The maximum absolute atomic E-state index is 10.7. The van der Waals surface area contributed by atoms with Gasteiger partial charge < -0.3 is 9.84 Å². The SMILES string of the molecule is C=CC(=O)CCOC(=O)/C=C\C(=O)O. The quantitative estimate of drug-likeness (QED) is 0.491. The number of esters is 1. The maximum atomic E-state index is 10.7. The molecule has 0 aromatic rings. The van der Waals surface area contributed by atoms with Crippen molar-refractivity contribution in [3.05, 3.63) is 24.8 Å². The zero-order valence-corrected chi connectivity index (χ0v) is 7.43. The summed E-state index contributed by atoms with van der Waals surface area (Å²) in [6, 6.07) is 0. The Hall–Kier alpha value is -1.91. The van der Waals surface area contributed by atoms with Crippen molar-refractivity contribution in [2.24, 2.45) is 0 Å². The second-order valence-corrected chi connectivity index (χ2v) is 2.26. The molecule has 0 aliphatic rings. The molecule has 5 nitrogen and oxygen atoms in total. The highest BCUT2D eigenvalue weighted by Gasteiger charge is 2.00. The van der Waals surface area contributed by atoms with Crippen LogP contribution in [-0.4, -0.2) is 29.4 Å². The Labute approximate surface area is 80.7 Å². The Morgan fingerprint density at radius 1 is 1.29 bits per heavy atom. The average Bonchev–Trinajstić information content (AvgIpc) is 2.14. The van der Waals surface area contributed by atoms with Crippen LogP contribution in [0.1, 0.15) is 6.42 Å². The molecule has 0 bridgehead atoms. The summed E-state index contributed by atoms with van der Waals surface area (Å²) in [5.74, 6) is -2.26. The first-order valence-electron chi connectivity index (χ1n) is 3.79. The van der Waals surface area contributed by atoms with Gasteiger partial charge in [0.25, 0.3) is 0 Å². The number of carbonyl (C=O) groups excluding carboxylic acids is 2. The molecule has 0 fully saturated rings. The number of rotatable bonds is 6. The van der Waals surface area contributed by atoms with Gasteiger partial charge in [0.1, 0.15) is 0 Å². The summed E-state index contributed by atoms with van der Waals surface area (Å²) < 4.78 is 4.51. The summed E-state index contributed by atoms with van der Waals surface area (Å²) in [4.78, 5) is 31.3. The molecular weight excluding hydrogens is 188 g/mol. The molecule has 0 aromatic heterocycles. The number of ether oxygens (including phenoxy) is 1. The summed E-state index contributed by atoms with van der Waals surface area (Å²) in [5.41, 5.74) is 0. The molecule has 0 aliphatic heterocycles. The predicted molar refractivity (Wildman–Crippen MR) is 47.6 cm³/mol. The number of hydrogen-bond donors (Lipinski definition) is 1. The minimum Gasteiger partial charge on any atom is -0.478 e. The fourth-order valence-electron chi connectivity index (χ4n) is 0.542. The first-order chi connectivity index (χ1) is 6.56. The van der Waals surface area contributed by atoms with Gasteiger partial charge in [0, 0.05) is 18.6 Å². The van der Waals surface area contributed by atoms with Crippen LogP contribution < -0.4 is 0 Å². The first kappa shape index (κ1) is 12.1. The van der Waals surface area contributed by atoms with E-state index in [0.717, 1.165) is 12.2 Å². The summed E-state index contributed by atoms with van der Waals surface area (Å²) in [5, 5.41) is 8.15. The van der Waals surface area contributed by atoms with Crippen molar-refractivity contribution in [3.63, 3.8) is 0 Å². The smallest absolute Gasteiger partial charge is 0.331 e. The molecular formula is C9H10O5. The Bertz CT molecular complexity index is 277. The van der Waals surface area contributed by atoms with Crippen molar-refractivity contribution < 1.29 is 24.2 Å². The van der Waals surface area contributed by atoms with Crippen LogP contribution in [0.5, 0.6) is 0 Å². The molecule has 0 saturated carbocycles. The van der Waals surface area contributed by atoms with Crippen LogP contribution in [0.2, 0.25) is 0 Å². The summed E-state index contributed by atoms with van der Waals surface area (Å²) in [6.07, 6.45) is 2.62. The van der Waals surface area contributed by atoms with Crippen LogP contribution in [0, 0.1) is 0 Å². The monoisotopic (exact) mass is 198 g/mol. The third-order valence-electron chi connectivity index (χ3n) is 1.18. The lowest BCUT2D eigenvalue weighted by molar-refractivity contribution is -0.139. The van der Waals surface area contributed by atoms with Crippen LogP contribution in [0.4, 0.5) is 0 Å². The summed E-state index contributed by atoms with van der Waals surface area (Å²) in [7, 11) is 0. The number of carboxylic acids is 1. The van der Waals surface area contributed by atoms with Gasteiger partial charge in [-0.1, -0.05) is 6.58 Å². The van der Waals surface area contributed by atoms with Gasteiger partial charge in [-0.3, -0.25) is 4.79 Å². The van der Waals surface area contributed by atoms with Crippen molar-refractivity contribution in [1.29, 1.82) is 0 Å². The van der Waals surface area contributed by atoms with E-state index < -0.39 is 11.9 Å². The van der Waals surface area contributed by atoms with E-state index in [1.54, 1.807) is 0 Å². The highest BCUT2D eigenvalue weighted by atomic mass is 16.5. The number of carbonyl (C=O) groups is 3. The molecule has 1 N–H and O–H groups in total. The highest BCUT2D eigenvalue weighted by Crippen LogP contribution is 1.88. The van der Waals surface area contributed by atoms with E-state index in [1.807, 2.05) is 0 Å². The molecule has 0 saturated heterocycles. The van der Waals surface area contributed by atoms with Crippen LogP contribution in [0.25, 0.3) is 0 Å². The highest BCUT2D eigenvalue weighted by molar-refractivity contribution is 5.91. The van der Waals surface area contributed by atoms with Crippen molar-refractivity contribution in [1.82, 2.24) is 0 Å². The normalized spacial score (nSPS) is 9.71. The van der Waals surface area contributed by atoms with Gasteiger partial charge in [-0.15, -0.1) is 0 Å². The molecule has 0 unspecified atom stereocenters. The lowest BCUT2D eigenvalue weighted by Gasteiger charge is -1.98. The van der Waals surface area contributed by atoms with E-state index in [4.69, 9.17) is 5.11 Å². The molecule has 0 atom stereocenters. The third kappa shape index (κ3) is 6.78. The van der Waals surface area contributed by atoms with Gasteiger partial charge in [-0.25, -0.2) is 9.59 Å². The topological polar surface area (TPSA) is 80.7 Å². The molecule has 0 amide bonds. The van der Waals surface area contributed by atoms with Crippen molar-refractivity contribution in [3.8, 4) is 0 Å². The van der Waals surface area contributed by atoms with Gasteiger partial charge in [0.15, 0.2) is 5.78 Å². The third-order valence-corrected chi connectivity index (χ3v) is 1.18. The molecule has 76 valence electrons. The largest absolute Gasteiger partial charge is 0.478 e. The Morgan fingerprint density at radius 3 is 2.43 bits per heavy atom. The van der Waals surface area contributed by atoms with E-state index in [0.29, 0.717) is 6.08 Å². The zero-order valence-electron chi connectivity index (χ0n) is 7.43. The van der Waals surface area contributed by atoms with E-state index in [-0.39, 0.29) is 18.8 Å². The average molecular weight is 198 g/mol. The second kappa shape index (κ2) is 6.59. The minimum atomic E-state index is -1.23. The summed E-state index contributed by atoms with van der Waals surface area (Å²) in [6.45, 7) is 3.16. The van der Waals surface area contributed by atoms with Gasteiger partial charge in [-0.2, -0.15) is 0 Å². The number of hydrogen-bond acceptors (Lipinski definition) is 4. The molecule has 0 aromatic carbocycles. The predicted octanol–water partition coefficient (Wildman–Crippen LogP) is 0.316. The van der Waals surface area contributed by atoms with Crippen molar-refractivity contribution >= 4 is 17.7 Å². The van der Waals surface area contributed by atoms with E-state index >= 15 is 0 Å². The fraction of sp³-hybridized carbons (Fsp3) is 0.222. The maximum Gasteiger partial charge on any atom is 0.331 e. The van der Waals surface area contributed by atoms with E-state index in [9.17, 15) is 14.4 Å². The molecule has 0 rings (SSSR count).